The van der Waals surface area contributed by atoms with E-state index in [-0.39, 0.29) is 17.2 Å². The van der Waals surface area contributed by atoms with E-state index in [4.69, 9.17) is 5.11 Å². The Morgan fingerprint density at radius 1 is 1.21 bits per heavy atom. The molecule has 6 heteroatoms. The van der Waals surface area contributed by atoms with Crippen LogP contribution in [0.1, 0.15) is 50.9 Å². The van der Waals surface area contributed by atoms with Gasteiger partial charge in [-0.15, -0.1) is 0 Å². The summed E-state index contributed by atoms with van der Waals surface area (Å²) in [5.41, 5.74) is 1.50. The number of nitro groups is 1. The molecule has 1 rings (SSSR count). The summed E-state index contributed by atoms with van der Waals surface area (Å²) < 4.78 is 1.79. The van der Waals surface area contributed by atoms with Gasteiger partial charge < -0.3 is 5.11 Å². The number of aryl methyl sites for hydroxylation is 2. The van der Waals surface area contributed by atoms with Crippen molar-refractivity contribution in [3.63, 3.8) is 0 Å². The monoisotopic (exact) mass is 269 g/mol. The SMILES string of the molecule is CCc1nn(CCCCCCO)c(CC)c1[N+](=O)[O-]. The zero-order valence-electron chi connectivity index (χ0n) is 11.8. The van der Waals surface area contributed by atoms with Crippen molar-refractivity contribution >= 4 is 5.69 Å². The van der Waals surface area contributed by atoms with Gasteiger partial charge in [0.2, 0.25) is 0 Å². The minimum atomic E-state index is -0.313. The number of hydrogen-bond acceptors (Lipinski definition) is 4. The average Bonchev–Trinajstić information content (AvgIpc) is 2.76. The van der Waals surface area contributed by atoms with Gasteiger partial charge in [0.15, 0.2) is 0 Å². The summed E-state index contributed by atoms with van der Waals surface area (Å²) in [6, 6.07) is 0. The van der Waals surface area contributed by atoms with Crippen LogP contribution in [0.5, 0.6) is 0 Å². The van der Waals surface area contributed by atoms with Crippen molar-refractivity contribution in [1.82, 2.24) is 9.78 Å². The van der Waals surface area contributed by atoms with Gasteiger partial charge in [0.05, 0.1) is 4.92 Å². The first kappa shape index (κ1) is 15.6. The summed E-state index contributed by atoms with van der Waals surface area (Å²) in [6.07, 6.45) is 4.97. The van der Waals surface area contributed by atoms with Gasteiger partial charge in [-0.2, -0.15) is 5.10 Å². The van der Waals surface area contributed by atoms with E-state index in [1.54, 1.807) is 4.68 Å². The van der Waals surface area contributed by atoms with Gasteiger partial charge in [0, 0.05) is 13.2 Å². The lowest BCUT2D eigenvalue weighted by molar-refractivity contribution is -0.386. The summed E-state index contributed by atoms with van der Waals surface area (Å²) in [4.78, 5) is 10.8. The lowest BCUT2D eigenvalue weighted by Crippen LogP contribution is -2.05. The van der Waals surface area contributed by atoms with Crippen LogP contribution in [-0.2, 0) is 19.4 Å². The quantitative estimate of drug-likeness (QED) is 0.424. The summed E-state index contributed by atoms with van der Waals surface area (Å²) in [5.74, 6) is 0. The van der Waals surface area contributed by atoms with Crippen molar-refractivity contribution < 1.29 is 10.0 Å². The normalized spacial score (nSPS) is 10.9. The molecule has 0 aliphatic rings. The van der Waals surface area contributed by atoms with Crippen LogP contribution in [0.3, 0.4) is 0 Å². The molecule has 0 bridgehead atoms. The van der Waals surface area contributed by atoms with E-state index in [1.165, 1.54) is 0 Å². The minimum Gasteiger partial charge on any atom is -0.396 e. The van der Waals surface area contributed by atoms with Gasteiger partial charge >= 0.3 is 5.69 Å². The smallest absolute Gasteiger partial charge is 0.313 e. The summed E-state index contributed by atoms with van der Waals surface area (Å²) in [6.45, 7) is 4.76. The zero-order chi connectivity index (χ0) is 14.3. The molecule has 0 radical (unpaired) electrons. The Bertz CT molecular complexity index is 416. The third kappa shape index (κ3) is 4.02. The molecule has 1 aromatic heterocycles. The van der Waals surface area contributed by atoms with Crippen LogP contribution in [0.4, 0.5) is 5.69 Å². The van der Waals surface area contributed by atoms with Crippen LogP contribution in [0.25, 0.3) is 0 Å². The highest BCUT2D eigenvalue weighted by atomic mass is 16.6. The lowest BCUT2D eigenvalue weighted by Gasteiger charge is -2.04. The Morgan fingerprint density at radius 3 is 2.42 bits per heavy atom. The van der Waals surface area contributed by atoms with Crippen molar-refractivity contribution in [1.29, 1.82) is 0 Å². The van der Waals surface area contributed by atoms with Crippen LogP contribution < -0.4 is 0 Å². The minimum absolute atomic E-state index is 0.195. The first-order valence-corrected chi connectivity index (χ1v) is 6.99. The Hall–Kier alpha value is -1.43. The molecule has 0 aliphatic carbocycles. The largest absolute Gasteiger partial charge is 0.396 e. The molecule has 6 nitrogen and oxygen atoms in total. The van der Waals surface area contributed by atoms with Crippen molar-refractivity contribution in [2.24, 2.45) is 0 Å². The van der Waals surface area contributed by atoms with Gasteiger partial charge in [-0.3, -0.25) is 14.8 Å². The summed E-state index contributed by atoms with van der Waals surface area (Å²) in [7, 11) is 0. The maximum Gasteiger partial charge on any atom is 0.313 e. The molecule has 108 valence electrons. The molecule has 0 saturated heterocycles. The number of rotatable bonds is 9. The molecule has 19 heavy (non-hydrogen) atoms. The van der Waals surface area contributed by atoms with E-state index < -0.39 is 0 Å². The number of nitrogens with zero attached hydrogens (tertiary/aromatic N) is 3. The Labute approximate surface area is 113 Å². The van der Waals surface area contributed by atoms with Gasteiger partial charge in [-0.1, -0.05) is 26.7 Å². The molecular formula is C13H23N3O3. The zero-order valence-corrected chi connectivity index (χ0v) is 11.8. The van der Waals surface area contributed by atoms with Crippen LogP contribution in [0.15, 0.2) is 0 Å². The number of unbranched alkanes of at least 4 members (excludes halogenated alkanes) is 3. The van der Waals surface area contributed by atoms with E-state index in [9.17, 15) is 10.1 Å². The van der Waals surface area contributed by atoms with Crippen LogP contribution >= 0.6 is 0 Å². The van der Waals surface area contributed by atoms with Gasteiger partial charge in [-0.05, 0) is 25.7 Å². The van der Waals surface area contributed by atoms with E-state index in [0.29, 0.717) is 18.5 Å². The topological polar surface area (TPSA) is 81.2 Å². The maximum absolute atomic E-state index is 11.1. The second-order valence-corrected chi connectivity index (χ2v) is 4.57. The highest BCUT2D eigenvalue weighted by molar-refractivity contribution is 5.41. The molecular weight excluding hydrogens is 246 g/mol. The predicted molar refractivity (Wildman–Crippen MR) is 73.2 cm³/mol. The van der Waals surface area contributed by atoms with Gasteiger partial charge in [0.1, 0.15) is 11.4 Å². The highest BCUT2D eigenvalue weighted by Gasteiger charge is 2.24. The summed E-state index contributed by atoms with van der Waals surface area (Å²) >= 11 is 0. The number of aromatic nitrogens is 2. The first-order chi connectivity index (χ1) is 9.15. The fourth-order valence-electron chi connectivity index (χ4n) is 2.25. The molecule has 0 aliphatic heterocycles. The number of aliphatic hydroxyl groups is 1. The Kier molecular flexibility index (Phi) is 6.49. The number of hydrogen-bond donors (Lipinski definition) is 1. The second kappa shape index (κ2) is 7.89. The standard InChI is InChI=1S/C13H23N3O3/c1-3-11-13(16(18)19)12(4-2)15(14-11)9-7-5-6-8-10-17/h17H,3-10H2,1-2H3. The molecule has 0 unspecified atom stereocenters. The molecule has 0 saturated carbocycles. The Morgan fingerprint density at radius 2 is 1.89 bits per heavy atom. The molecule has 0 fully saturated rings. The van der Waals surface area contributed by atoms with E-state index in [1.807, 2.05) is 13.8 Å². The van der Waals surface area contributed by atoms with Crippen LogP contribution in [-0.4, -0.2) is 26.4 Å². The summed E-state index contributed by atoms with van der Waals surface area (Å²) in [5, 5.41) is 24.2. The van der Waals surface area contributed by atoms with Gasteiger partial charge in [0.25, 0.3) is 0 Å². The van der Waals surface area contributed by atoms with E-state index in [0.717, 1.165) is 37.9 Å². The molecule has 0 amide bonds. The van der Waals surface area contributed by atoms with Crippen LogP contribution in [0.2, 0.25) is 0 Å². The van der Waals surface area contributed by atoms with Crippen molar-refractivity contribution in [3.8, 4) is 0 Å². The van der Waals surface area contributed by atoms with Crippen molar-refractivity contribution in [3.05, 3.63) is 21.5 Å². The maximum atomic E-state index is 11.1. The highest BCUT2D eigenvalue weighted by Crippen LogP contribution is 2.25. The van der Waals surface area contributed by atoms with Gasteiger partial charge in [-0.25, -0.2) is 0 Å². The fourth-order valence-corrected chi connectivity index (χ4v) is 2.25. The van der Waals surface area contributed by atoms with Crippen LogP contribution in [0, 0.1) is 10.1 Å². The first-order valence-electron chi connectivity index (χ1n) is 6.99. The molecule has 0 aromatic carbocycles. The molecule has 1 N–H and O–H groups in total. The van der Waals surface area contributed by atoms with E-state index in [2.05, 4.69) is 5.10 Å². The molecule has 1 aromatic rings. The van der Waals surface area contributed by atoms with Crippen molar-refractivity contribution in [2.75, 3.05) is 6.61 Å². The third-order valence-electron chi connectivity index (χ3n) is 3.23. The third-order valence-corrected chi connectivity index (χ3v) is 3.23. The average molecular weight is 269 g/mol. The Balaban J connectivity index is 2.74. The molecule has 0 atom stereocenters. The number of aliphatic hydroxyl groups excluding tert-OH is 1. The predicted octanol–water partition coefficient (Wildman–Crippen LogP) is 2.47. The second-order valence-electron chi connectivity index (χ2n) is 4.57. The lowest BCUT2D eigenvalue weighted by atomic mass is 10.2. The van der Waals surface area contributed by atoms with E-state index >= 15 is 0 Å². The fraction of sp³-hybridized carbons (Fsp3) is 0.769. The molecule has 1 heterocycles. The van der Waals surface area contributed by atoms with Crippen molar-refractivity contribution in [2.45, 2.75) is 58.9 Å². The molecule has 0 spiro atoms.